The van der Waals surface area contributed by atoms with Crippen LogP contribution in [0.4, 0.5) is 0 Å². The second-order valence-corrected chi connectivity index (χ2v) is 3.26. The molecule has 0 aromatic carbocycles. The van der Waals surface area contributed by atoms with Crippen LogP contribution in [0.5, 0.6) is 0 Å². The monoisotopic (exact) mass is 141 g/mol. The molecule has 3 nitrogen and oxygen atoms in total. The number of hydrogen-bond donors (Lipinski definition) is 1. The van der Waals surface area contributed by atoms with Gasteiger partial charge in [0.05, 0.1) is 0 Å². The van der Waals surface area contributed by atoms with Crippen molar-refractivity contribution in [2.45, 2.75) is 26.7 Å². The highest BCUT2D eigenvalue weighted by Gasteiger charge is 2.37. The Hall–Kier alpha value is -0.860. The number of hydrogen-bond acceptors (Lipinski definition) is 3. The van der Waals surface area contributed by atoms with Crippen LogP contribution in [-0.2, 0) is 4.79 Å². The molecule has 3 heteroatoms. The third-order valence-electron chi connectivity index (χ3n) is 1.98. The van der Waals surface area contributed by atoms with E-state index in [4.69, 9.17) is 5.21 Å². The summed E-state index contributed by atoms with van der Waals surface area (Å²) in [6.07, 6.45) is 1.41. The zero-order chi connectivity index (χ0) is 7.78. The molecule has 0 radical (unpaired) electrons. The average Bonchev–Trinajstić information content (AvgIpc) is 2.10. The van der Waals surface area contributed by atoms with Crippen molar-refractivity contribution in [1.82, 2.24) is 0 Å². The molecule has 0 aliphatic heterocycles. The highest BCUT2D eigenvalue weighted by molar-refractivity contribution is 6.43. The van der Waals surface area contributed by atoms with Gasteiger partial charge in [-0.15, -0.1) is 0 Å². The normalized spacial score (nSPS) is 27.8. The van der Waals surface area contributed by atoms with E-state index in [0.29, 0.717) is 12.1 Å². The lowest BCUT2D eigenvalue weighted by molar-refractivity contribution is -0.119. The summed E-state index contributed by atoms with van der Waals surface area (Å²) in [5, 5.41) is 11.3. The van der Waals surface area contributed by atoms with Crippen LogP contribution < -0.4 is 0 Å². The summed E-state index contributed by atoms with van der Waals surface area (Å²) in [6.45, 7) is 3.74. The summed E-state index contributed by atoms with van der Waals surface area (Å²) in [5.74, 6) is -0.0185. The Labute approximate surface area is 59.7 Å². The molecular weight excluding hydrogens is 130 g/mol. The molecule has 0 atom stereocenters. The molecule has 0 heterocycles. The lowest BCUT2D eigenvalue weighted by Crippen LogP contribution is -2.21. The third-order valence-corrected chi connectivity index (χ3v) is 1.98. The van der Waals surface area contributed by atoms with Crippen LogP contribution in [0.1, 0.15) is 26.7 Å². The van der Waals surface area contributed by atoms with Gasteiger partial charge < -0.3 is 5.21 Å². The van der Waals surface area contributed by atoms with Crippen molar-refractivity contribution in [3.8, 4) is 0 Å². The number of nitrogens with zero attached hydrogens (tertiary/aromatic N) is 1. The molecule has 0 aromatic heterocycles. The van der Waals surface area contributed by atoms with E-state index in [-0.39, 0.29) is 11.2 Å². The molecule has 1 aliphatic carbocycles. The summed E-state index contributed by atoms with van der Waals surface area (Å²) in [4.78, 5) is 11.2. The van der Waals surface area contributed by atoms with Crippen molar-refractivity contribution < 1.29 is 10.0 Å². The quantitative estimate of drug-likeness (QED) is 0.407. The molecule has 0 spiro atoms. The smallest absolute Gasteiger partial charge is 0.185 e. The maximum absolute atomic E-state index is 11.2. The van der Waals surface area contributed by atoms with E-state index in [1.165, 1.54) is 0 Å². The molecule has 1 rings (SSSR count). The highest BCUT2D eigenvalue weighted by Crippen LogP contribution is 2.31. The van der Waals surface area contributed by atoms with Gasteiger partial charge in [0.15, 0.2) is 5.78 Å². The fourth-order valence-corrected chi connectivity index (χ4v) is 1.14. The summed E-state index contributed by atoms with van der Waals surface area (Å²) >= 11 is 0. The first-order valence-corrected chi connectivity index (χ1v) is 3.33. The van der Waals surface area contributed by atoms with Gasteiger partial charge >= 0.3 is 0 Å². The molecule has 1 fully saturated rings. The second-order valence-electron chi connectivity index (χ2n) is 3.26. The Morgan fingerprint density at radius 2 is 2.20 bits per heavy atom. The van der Waals surface area contributed by atoms with Crippen LogP contribution >= 0.6 is 0 Å². The first-order chi connectivity index (χ1) is 4.58. The molecule has 0 unspecified atom stereocenters. The summed E-state index contributed by atoms with van der Waals surface area (Å²) in [7, 11) is 0. The van der Waals surface area contributed by atoms with E-state index in [2.05, 4.69) is 5.16 Å². The van der Waals surface area contributed by atoms with Gasteiger partial charge in [-0.3, -0.25) is 4.79 Å². The lowest BCUT2D eigenvalue weighted by atomic mass is 9.91. The van der Waals surface area contributed by atoms with Gasteiger partial charge in [0, 0.05) is 5.41 Å². The van der Waals surface area contributed by atoms with Crippen LogP contribution in [0.15, 0.2) is 5.16 Å². The minimum atomic E-state index is -0.304. The largest absolute Gasteiger partial charge is 0.411 e. The van der Waals surface area contributed by atoms with Crippen LogP contribution in [-0.4, -0.2) is 16.7 Å². The summed E-state index contributed by atoms with van der Waals surface area (Å²) in [5.41, 5.74) is 0.0201. The van der Waals surface area contributed by atoms with Gasteiger partial charge in [-0.1, -0.05) is 19.0 Å². The number of Topliss-reactive ketones (excluding diaryl/α,β-unsaturated/α-hetero) is 1. The Morgan fingerprint density at radius 3 is 2.40 bits per heavy atom. The van der Waals surface area contributed by atoms with Gasteiger partial charge in [-0.2, -0.15) is 0 Å². The van der Waals surface area contributed by atoms with Crippen molar-refractivity contribution >= 4 is 11.5 Å². The van der Waals surface area contributed by atoms with Crippen LogP contribution in [0.3, 0.4) is 0 Å². The number of carbonyl (C=O) groups excluding carboxylic acids is 1. The van der Waals surface area contributed by atoms with Crippen LogP contribution in [0.2, 0.25) is 0 Å². The molecule has 10 heavy (non-hydrogen) atoms. The van der Waals surface area contributed by atoms with E-state index in [9.17, 15) is 4.79 Å². The first kappa shape index (κ1) is 7.25. The molecule has 0 amide bonds. The minimum Gasteiger partial charge on any atom is -0.411 e. The lowest BCUT2D eigenvalue weighted by Gasteiger charge is -2.11. The molecule has 0 aromatic rings. The number of carbonyl (C=O) groups is 1. The summed E-state index contributed by atoms with van der Waals surface area (Å²) in [6, 6.07) is 0. The van der Waals surface area contributed by atoms with Crippen molar-refractivity contribution in [2.24, 2.45) is 10.6 Å². The van der Waals surface area contributed by atoms with Gasteiger partial charge in [0.2, 0.25) is 0 Å². The van der Waals surface area contributed by atoms with Gasteiger partial charge in [0.1, 0.15) is 5.71 Å². The maximum atomic E-state index is 11.2. The SMILES string of the molecule is CC1(C)CC/C(=N\O)C1=O. The Morgan fingerprint density at radius 1 is 1.60 bits per heavy atom. The fraction of sp³-hybridized carbons (Fsp3) is 0.714. The number of rotatable bonds is 0. The highest BCUT2D eigenvalue weighted by atomic mass is 16.4. The Bertz CT molecular complexity index is 194. The van der Waals surface area contributed by atoms with Gasteiger partial charge in [-0.25, -0.2) is 0 Å². The van der Waals surface area contributed by atoms with E-state index >= 15 is 0 Å². The molecule has 0 bridgehead atoms. The molecule has 56 valence electrons. The van der Waals surface area contributed by atoms with E-state index < -0.39 is 0 Å². The average molecular weight is 141 g/mol. The predicted octanol–water partition coefficient (Wildman–Crippen LogP) is 1.21. The van der Waals surface area contributed by atoms with Gasteiger partial charge in [-0.05, 0) is 12.8 Å². The molecule has 1 aliphatic rings. The van der Waals surface area contributed by atoms with E-state index in [1.54, 1.807) is 0 Å². The van der Waals surface area contributed by atoms with Crippen molar-refractivity contribution in [3.63, 3.8) is 0 Å². The van der Waals surface area contributed by atoms with E-state index in [0.717, 1.165) is 6.42 Å². The predicted molar refractivity (Wildman–Crippen MR) is 37.2 cm³/mol. The number of oxime groups is 1. The van der Waals surface area contributed by atoms with Crippen LogP contribution in [0, 0.1) is 5.41 Å². The standard InChI is InChI=1S/C7H11NO2/c1-7(2)4-3-5(8-10)6(7)9/h10H,3-4H2,1-2H3/b8-5+. The molecule has 1 N–H and O–H groups in total. The Kier molecular flexibility index (Phi) is 1.50. The van der Waals surface area contributed by atoms with Crippen molar-refractivity contribution in [3.05, 3.63) is 0 Å². The van der Waals surface area contributed by atoms with Crippen LogP contribution in [0.25, 0.3) is 0 Å². The number of ketones is 1. The Balaban J connectivity index is 2.88. The first-order valence-electron chi connectivity index (χ1n) is 3.33. The second kappa shape index (κ2) is 2.08. The molecule has 1 saturated carbocycles. The zero-order valence-electron chi connectivity index (χ0n) is 6.22. The van der Waals surface area contributed by atoms with Crippen molar-refractivity contribution in [1.29, 1.82) is 0 Å². The fourth-order valence-electron chi connectivity index (χ4n) is 1.14. The topological polar surface area (TPSA) is 49.7 Å². The molecular formula is C7H11NO2. The zero-order valence-corrected chi connectivity index (χ0v) is 6.22. The minimum absolute atomic E-state index is 0.0185. The third kappa shape index (κ3) is 0.916. The summed E-state index contributed by atoms with van der Waals surface area (Å²) < 4.78 is 0. The van der Waals surface area contributed by atoms with E-state index in [1.807, 2.05) is 13.8 Å². The van der Waals surface area contributed by atoms with Crippen molar-refractivity contribution in [2.75, 3.05) is 0 Å². The molecule has 0 saturated heterocycles. The maximum Gasteiger partial charge on any atom is 0.185 e. The van der Waals surface area contributed by atoms with Gasteiger partial charge in [0.25, 0.3) is 0 Å².